The van der Waals surface area contributed by atoms with E-state index in [9.17, 15) is 14.4 Å². The van der Waals surface area contributed by atoms with Crippen LogP contribution in [0.1, 0.15) is 18.5 Å². The quantitative estimate of drug-likeness (QED) is 0.398. The zero-order valence-corrected chi connectivity index (χ0v) is 12.3. The first kappa shape index (κ1) is 16.8. The largest absolute Gasteiger partial charge is 0.464 e. The van der Waals surface area contributed by atoms with E-state index < -0.39 is 23.5 Å². The topological polar surface area (TPSA) is 84.9 Å². The SMILES string of the molecule is CCOC(=O)C(c1ccccc1)N(NC(=O)OC)C(=O)Cl. The number of rotatable bonds is 4. The fourth-order valence-corrected chi connectivity index (χ4v) is 1.74. The van der Waals surface area contributed by atoms with Gasteiger partial charge in [-0.3, -0.25) is 4.79 Å². The number of methoxy groups -OCH3 is 1. The number of esters is 1. The highest BCUT2D eigenvalue weighted by Crippen LogP contribution is 2.22. The highest BCUT2D eigenvalue weighted by Gasteiger charge is 2.33. The molecular weight excluding hydrogens is 300 g/mol. The number of halogens is 1. The molecule has 0 fully saturated rings. The number of hydrogen-bond acceptors (Lipinski definition) is 5. The second-order valence-corrected chi connectivity index (χ2v) is 4.11. The zero-order chi connectivity index (χ0) is 15.8. The third kappa shape index (κ3) is 4.64. The number of hydrogen-bond donors (Lipinski definition) is 1. The third-order valence-corrected chi connectivity index (χ3v) is 2.65. The van der Waals surface area contributed by atoms with Gasteiger partial charge in [-0.1, -0.05) is 30.3 Å². The smallest absolute Gasteiger partial charge is 0.425 e. The fraction of sp³-hybridized carbons (Fsp3) is 0.308. The van der Waals surface area contributed by atoms with Crippen LogP contribution < -0.4 is 5.43 Å². The number of carbonyl (C=O) groups is 3. The van der Waals surface area contributed by atoms with Gasteiger partial charge in [0.2, 0.25) is 0 Å². The van der Waals surface area contributed by atoms with Crippen LogP contribution in [-0.2, 0) is 14.3 Å². The molecule has 0 aliphatic carbocycles. The lowest BCUT2D eigenvalue weighted by atomic mass is 10.1. The predicted molar refractivity (Wildman–Crippen MR) is 74.4 cm³/mol. The highest BCUT2D eigenvalue weighted by molar-refractivity contribution is 6.62. The third-order valence-electron chi connectivity index (χ3n) is 2.47. The van der Waals surface area contributed by atoms with Crippen molar-refractivity contribution in [2.75, 3.05) is 13.7 Å². The van der Waals surface area contributed by atoms with E-state index in [0.29, 0.717) is 10.6 Å². The summed E-state index contributed by atoms with van der Waals surface area (Å²) < 4.78 is 9.32. The van der Waals surface area contributed by atoms with Crippen LogP contribution in [0.2, 0.25) is 0 Å². The van der Waals surface area contributed by atoms with Gasteiger partial charge < -0.3 is 9.47 Å². The lowest BCUT2D eigenvalue weighted by molar-refractivity contribution is -0.149. The van der Waals surface area contributed by atoms with Crippen molar-refractivity contribution >= 4 is 29.0 Å². The molecule has 0 aliphatic rings. The fourth-order valence-electron chi connectivity index (χ4n) is 1.60. The Hall–Kier alpha value is -2.28. The first-order chi connectivity index (χ1) is 10.0. The first-order valence-electron chi connectivity index (χ1n) is 6.06. The van der Waals surface area contributed by atoms with Crippen LogP contribution in [0.3, 0.4) is 0 Å². The summed E-state index contributed by atoms with van der Waals surface area (Å²) in [5, 5.41) is -0.400. The molecule has 1 aromatic rings. The molecule has 1 N–H and O–H groups in total. The molecule has 0 saturated carbocycles. The average Bonchev–Trinajstić information content (AvgIpc) is 2.47. The zero-order valence-electron chi connectivity index (χ0n) is 11.5. The van der Waals surface area contributed by atoms with Gasteiger partial charge in [-0.25, -0.2) is 20.0 Å². The molecule has 0 saturated heterocycles. The van der Waals surface area contributed by atoms with Gasteiger partial charge in [-0.2, -0.15) is 0 Å². The molecule has 0 spiro atoms. The molecule has 1 atom stereocenters. The molecule has 2 amide bonds. The van der Waals surface area contributed by atoms with Gasteiger partial charge in [0.1, 0.15) is 0 Å². The predicted octanol–water partition coefficient (Wildman–Crippen LogP) is 2.22. The van der Waals surface area contributed by atoms with E-state index in [-0.39, 0.29) is 6.61 Å². The van der Waals surface area contributed by atoms with Gasteiger partial charge in [0.25, 0.3) is 0 Å². The maximum Gasteiger partial charge on any atom is 0.425 e. The Morgan fingerprint density at radius 2 is 1.90 bits per heavy atom. The van der Waals surface area contributed by atoms with Gasteiger partial charge in [0.15, 0.2) is 6.04 Å². The number of ether oxygens (including phenoxy) is 2. The first-order valence-corrected chi connectivity index (χ1v) is 6.44. The molecular formula is C13H15ClN2O5. The molecule has 8 heteroatoms. The molecule has 0 heterocycles. The van der Waals surface area contributed by atoms with Crippen LogP contribution >= 0.6 is 11.6 Å². The highest BCUT2D eigenvalue weighted by atomic mass is 35.5. The van der Waals surface area contributed by atoms with E-state index in [1.807, 2.05) is 0 Å². The van der Waals surface area contributed by atoms with Crippen molar-refractivity contribution in [1.82, 2.24) is 10.4 Å². The Morgan fingerprint density at radius 3 is 2.38 bits per heavy atom. The maximum atomic E-state index is 12.1. The van der Waals surface area contributed by atoms with Crippen molar-refractivity contribution in [2.45, 2.75) is 13.0 Å². The molecule has 0 aliphatic heterocycles. The molecule has 1 aromatic carbocycles. The minimum absolute atomic E-state index is 0.116. The Morgan fingerprint density at radius 1 is 1.29 bits per heavy atom. The molecule has 0 radical (unpaired) electrons. The Kier molecular flexibility index (Phi) is 6.48. The number of nitrogens with zero attached hydrogens (tertiary/aromatic N) is 1. The molecule has 1 unspecified atom stereocenters. The lowest BCUT2D eigenvalue weighted by Crippen LogP contribution is -2.48. The number of carbonyl (C=O) groups excluding carboxylic acids is 3. The van der Waals surface area contributed by atoms with Gasteiger partial charge >= 0.3 is 17.4 Å². The summed E-state index contributed by atoms with van der Waals surface area (Å²) in [6, 6.07) is 7.09. The Labute approximate surface area is 126 Å². The second kappa shape index (κ2) is 8.11. The van der Waals surface area contributed by atoms with Crippen LogP contribution in [0.5, 0.6) is 0 Å². The van der Waals surface area contributed by atoms with Gasteiger partial charge in [0.05, 0.1) is 13.7 Å². The standard InChI is InChI=1S/C13H15ClN2O5/c1-3-21-11(17)10(9-7-5-4-6-8-9)16(12(14)18)15-13(19)20-2/h4-8,10H,3H2,1-2H3,(H,15,19). The van der Waals surface area contributed by atoms with E-state index in [1.165, 1.54) is 0 Å². The van der Waals surface area contributed by atoms with Crippen LogP contribution in [0.4, 0.5) is 9.59 Å². The number of amides is 2. The van der Waals surface area contributed by atoms with E-state index in [2.05, 4.69) is 10.2 Å². The number of nitrogens with one attached hydrogen (secondary N) is 1. The number of benzene rings is 1. The normalized spacial score (nSPS) is 11.2. The van der Waals surface area contributed by atoms with Gasteiger partial charge in [0, 0.05) is 0 Å². The number of hydrazine groups is 1. The van der Waals surface area contributed by atoms with E-state index in [1.54, 1.807) is 37.3 Å². The average molecular weight is 315 g/mol. The summed E-state index contributed by atoms with van der Waals surface area (Å²) >= 11 is 5.44. The van der Waals surface area contributed by atoms with Crippen LogP contribution in [0.25, 0.3) is 0 Å². The summed E-state index contributed by atoms with van der Waals surface area (Å²) in [7, 11) is 1.12. The summed E-state index contributed by atoms with van der Waals surface area (Å²) in [6.07, 6.45) is -0.936. The molecule has 1 rings (SSSR count). The van der Waals surface area contributed by atoms with Crippen LogP contribution in [-0.4, -0.2) is 36.2 Å². The van der Waals surface area contributed by atoms with Crippen molar-refractivity contribution in [3.63, 3.8) is 0 Å². The van der Waals surface area contributed by atoms with E-state index in [0.717, 1.165) is 7.11 Å². The van der Waals surface area contributed by atoms with E-state index >= 15 is 0 Å². The van der Waals surface area contributed by atoms with Crippen molar-refractivity contribution in [3.05, 3.63) is 35.9 Å². The van der Waals surface area contributed by atoms with Gasteiger partial charge in [-0.15, -0.1) is 0 Å². The van der Waals surface area contributed by atoms with Gasteiger partial charge in [-0.05, 0) is 24.1 Å². The summed E-state index contributed by atoms with van der Waals surface area (Å²) in [6.45, 7) is 1.74. The molecule has 114 valence electrons. The molecule has 0 aromatic heterocycles. The molecule has 21 heavy (non-hydrogen) atoms. The monoisotopic (exact) mass is 314 g/mol. The minimum Gasteiger partial charge on any atom is -0.464 e. The molecule has 0 bridgehead atoms. The summed E-state index contributed by atoms with van der Waals surface area (Å²) in [5.41, 5.74) is 2.53. The van der Waals surface area contributed by atoms with Crippen molar-refractivity contribution < 1.29 is 23.9 Å². The maximum absolute atomic E-state index is 12.1. The molecule has 7 nitrogen and oxygen atoms in total. The van der Waals surface area contributed by atoms with Crippen molar-refractivity contribution in [2.24, 2.45) is 0 Å². The minimum atomic E-state index is -1.21. The van der Waals surface area contributed by atoms with Crippen LogP contribution in [0, 0.1) is 0 Å². The second-order valence-electron chi connectivity index (χ2n) is 3.79. The Balaban J connectivity index is 3.16. The lowest BCUT2D eigenvalue weighted by Gasteiger charge is -2.27. The Bertz CT molecular complexity index is 509. The van der Waals surface area contributed by atoms with E-state index in [4.69, 9.17) is 16.3 Å². The van der Waals surface area contributed by atoms with Crippen molar-refractivity contribution in [3.8, 4) is 0 Å². The van der Waals surface area contributed by atoms with Crippen molar-refractivity contribution in [1.29, 1.82) is 0 Å². The summed E-state index contributed by atoms with van der Waals surface area (Å²) in [4.78, 5) is 34.9. The summed E-state index contributed by atoms with van der Waals surface area (Å²) in [5.74, 6) is -0.728. The van der Waals surface area contributed by atoms with Crippen LogP contribution in [0.15, 0.2) is 30.3 Å².